The van der Waals surface area contributed by atoms with Gasteiger partial charge in [0.05, 0.1) is 11.9 Å². The zero-order valence-electron chi connectivity index (χ0n) is 11.6. The van der Waals surface area contributed by atoms with Crippen molar-refractivity contribution >= 4 is 11.6 Å². The van der Waals surface area contributed by atoms with Crippen LogP contribution in [0.2, 0.25) is 5.02 Å². The lowest BCUT2D eigenvalue weighted by atomic mass is 10.1. The summed E-state index contributed by atoms with van der Waals surface area (Å²) < 4.78 is 41.8. The van der Waals surface area contributed by atoms with E-state index < -0.39 is 6.36 Å². The van der Waals surface area contributed by atoms with Gasteiger partial charge in [-0.25, -0.2) is 4.68 Å². The summed E-state index contributed by atoms with van der Waals surface area (Å²) in [6.07, 6.45) is -1.27. The van der Waals surface area contributed by atoms with Gasteiger partial charge in [-0.05, 0) is 42.0 Å². The van der Waals surface area contributed by atoms with E-state index in [2.05, 4.69) is 9.84 Å². The van der Waals surface area contributed by atoms with E-state index in [9.17, 15) is 13.2 Å². The van der Waals surface area contributed by atoms with Crippen molar-refractivity contribution in [3.63, 3.8) is 0 Å². The van der Waals surface area contributed by atoms with E-state index in [1.807, 2.05) is 18.2 Å². The van der Waals surface area contributed by atoms with Gasteiger partial charge in [-0.1, -0.05) is 23.7 Å². The molecular formula is C16H10ClF3N2O. The van der Waals surface area contributed by atoms with Gasteiger partial charge in [-0.3, -0.25) is 0 Å². The molecule has 0 fully saturated rings. The minimum Gasteiger partial charge on any atom is -0.406 e. The fourth-order valence-electron chi connectivity index (χ4n) is 2.08. The number of hydrogen-bond donors (Lipinski definition) is 0. The molecule has 0 aliphatic carbocycles. The fraction of sp³-hybridized carbons (Fsp3) is 0.0625. The largest absolute Gasteiger partial charge is 0.573 e. The highest BCUT2D eigenvalue weighted by Gasteiger charge is 2.30. The van der Waals surface area contributed by atoms with Gasteiger partial charge in [0.2, 0.25) is 0 Å². The standard InChI is InChI=1S/C16H10ClF3N2O/c17-13-3-1-2-11(8-13)12-9-21-22(10-12)14-4-6-15(7-5-14)23-16(18,19)20/h1-10H. The smallest absolute Gasteiger partial charge is 0.406 e. The predicted octanol–water partition coefficient (Wildman–Crippen LogP) is 5.09. The second-order valence-electron chi connectivity index (χ2n) is 4.73. The van der Waals surface area contributed by atoms with Crippen molar-refractivity contribution in [1.82, 2.24) is 9.78 Å². The molecule has 0 bridgehead atoms. The van der Waals surface area contributed by atoms with Crippen molar-refractivity contribution in [2.75, 3.05) is 0 Å². The summed E-state index contributed by atoms with van der Waals surface area (Å²) in [5.74, 6) is -0.275. The van der Waals surface area contributed by atoms with Crippen LogP contribution in [0.4, 0.5) is 13.2 Å². The van der Waals surface area contributed by atoms with Crippen LogP contribution >= 0.6 is 11.6 Å². The maximum Gasteiger partial charge on any atom is 0.573 e. The second-order valence-corrected chi connectivity index (χ2v) is 5.16. The van der Waals surface area contributed by atoms with Crippen molar-refractivity contribution in [1.29, 1.82) is 0 Å². The molecule has 0 unspecified atom stereocenters. The lowest BCUT2D eigenvalue weighted by molar-refractivity contribution is -0.274. The van der Waals surface area contributed by atoms with Crippen LogP contribution < -0.4 is 4.74 Å². The van der Waals surface area contributed by atoms with Crippen LogP contribution in [0, 0.1) is 0 Å². The number of halogens is 4. The Labute approximate surface area is 134 Å². The topological polar surface area (TPSA) is 27.1 Å². The van der Waals surface area contributed by atoms with Crippen molar-refractivity contribution < 1.29 is 17.9 Å². The fourth-order valence-corrected chi connectivity index (χ4v) is 2.27. The molecule has 3 nitrogen and oxygen atoms in total. The van der Waals surface area contributed by atoms with Crippen LogP contribution in [-0.2, 0) is 0 Å². The maximum absolute atomic E-state index is 12.1. The zero-order chi connectivity index (χ0) is 16.4. The van der Waals surface area contributed by atoms with E-state index in [1.165, 1.54) is 24.3 Å². The second kappa shape index (κ2) is 5.96. The van der Waals surface area contributed by atoms with Gasteiger partial charge in [0, 0.05) is 16.8 Å². The van der Waals surface area contributed by atoms with Crippen LogP contribution in [0.1, 0.15) is 0 Å². The number of aromatic nitrogens is 2. The number of rotatable bonds is 3. The molecule has 0 saturated heterocycles. The van der Waals surface area contributed by atoms with Crippen LogP contribution in [0.15, 0.2) is 60.9 Å². The number of ether oxygens (including phenoxy) is 1. The highest BCUT2D eigenvalue weighted by Crippen LogP contribution is 2.25. The quantitative estimate of drug-likeness (QED) is 0.665. The number of hydrogen-bond acceptors (Lipinski definition) is 2. The van der Waals surface area contributed by atoms with Crippen molar-refractivity contribution in [3.05, 3.63) is 65.9 Å². The predicted molar refractivity (Wildman–Crippen MR) is 80.7 cm³/mol. The minimum atomic E-state index is -4.70. The Hall–Kier alpha value is -2.47. The molecule has 3 aromatic rings. The van der Waals surface area contributed by atoms with E-state index >= 15 is 0 Å². The molecule has 0 aliphatic heterocycles. The first-order chi connectivity index (χ1) is 10.9. The molecular weight excluding hydrogens is 329 g/mol. The monoisotopic (exact) mass is 338 g/mol. The minimum absolute atomic E-state index is 0.275. The van der Waals surface area contributed by atoms with Crippen molar-refractivity contribution in [3.8, 4) is 22.6 Å². The first-order valence-electron chi connectivity index (χ1n) is 6.57. The van der Waals surface area contributed by atoms with E-state index in [0.29, 0.717) is 10.7 Å². The Balaban J connectivity index is 1.83. The summed E-state index contributed by atoms with van der Waals surface area (Å²) in [6.45, 7) is 0. The van der Waals surface area contributed by atoms with Crippen LogP contribution in [0.5, 0.6) is 5.75 Å². The first kappa shape index (κ1) is 15.4. The Bertz CT molecular complexity index is 813. The molecule has 0 radical (unpaired) electrons. The molecule has 0 spiro atoms. The van der Waals surface area contributed by atoms with Crippen LogP contribution in [0.3, 0.4) is 0 Å². The average Bonchev–Trinajstić information content (AvgIpc) is 2.96. The Kier molecular flexibility index (Phi) is 4.00. The molecule has 3 rings (SSSR count). The third-order valence-corrected chi connectivity index (χ3v) is 3.31. The molecule has 7 heteroatoms. The zero-order valence-corrected chi connectivity index (χ0v) is 12.3. The summed E-state index contributed by atoms with van der Waals surface area (Å²) in [5.41, 5.74) is 2.37. The molecule has 1 heterocycles. The SMILES string of the molecule is FC(F)(F)Oc1ccc(-n2cc(-c3cccc(Cl)c3)cn2)cc1. The summed E-state index contributed by atoms with van der Waals surface area (Å²) in [7, 11) is 0. The highest BCUT2D eigenvalue weighted by molar-refractivity contribution is 6.30. The Morgan fingerprint density at radius 3 is 2.39 bits per heavy atom. The molecule has 0 amide bonds. The van der Waals surface area contributed by atoms with E-state index in [-0.39, 0.29) is 5.75 Å². The molecule has 2 aromatic carbocycles. The van der Waals surface area contributed by atoms with Gasteiger partial charge in [0.25, 0.3) is 0 Å². The molecule has 118 valence electrons. The van der Waals surface area contributed by atoms with Gasteiger partial charge in [0.1, 0.15) is 5.75 Å². The number of nitrogens with zero attached hydrogens (tertiary/aromatic N) is 2. The third-order valence-electron chi connectivity index (χ3n) is 3.08. The molecule has 0 aliphatic rings. The molecule has 0 saturated carbocycles. The van der Waals surface area contributed by atoms with Crippen molar-refractivity contribution in [2.45, 2.75) is 6.36 Å². The third kappa shape index (κ3) is 3.84. The average molecular weight is 339 g/mol. The van der Waals surface area contributed by atoms with E-state index in [4.69, 9.17) is 11.6 Å². The molecule has 0 N–H and O–H groups in total. The Morgan fingerprint density at radius 2 is 1.74 bits per heavy atom. The molecule has 0 atom stereocenters. The van der Waals surface area contributed by atoms with Gasteiger partial charge < -0.3 is 4.74 Å². The number of alkyl halides is 3. The normalized spacial score (nSPS) is 11.5. The van der Waals surface area contributed by atoms with Gasteiger partial charge >= 0.3 is 6.36 Å². The summed E-state index contributed by atoms with van der Waals surface area (Å²) in [5, 5.41) is 4.82. The lowest BCUT2D eigenvalue weighted by Gasteiger charge is -2.09. The van der Waals surface area contributed by atoms with E-state index in [1.54, 1.807) is 23.1 Å². The van der Waals surface area contributed by atoms with Crippen LogP contribution in [0.25, 0.3) is 16.8 Å². The maximum atomic E-state index is 12.1. The number of benzene rings is 2. The summed E-state index contributed by atoms with van der Waals surface area (Å²) in [6, 6.07) is 12.8. The lowest BCUT2D eigenvalue weighted by Crippen LogP contribution is -2.17. The summed E-state index contributed by atoms with van der Waals surface area (Å²) in [4.78, 5) is 0. The molecule has 23 heavy (non-hydrogen) atoms. The van der Waals surface area contributed by atoms with Gasteiger partial charge in [-0.15, -0.1) is 13.2 Å². The van der Waals surface area contributed by atoms with E-state index in [0.717, 1.165) is 11.1 Å². The summed E-state index contributed by atoms with van der Waals surface area (Å²) >= 11 is 5.96. The van der Waals surface area contributed by atoms with Gasteiger partial charge in [-0.2, -0.15) is 5.10 Å². The Morgan fingerprint density at radius 1 is 1.00 bits per heavy atom. The van der Waals surface area contributed by atoms with Crippen LogP contribution in [-0.4, -0.2) is 16.1 Å². The van der Waals surface area contributed by atoms with Gasteiger partial charge in [0.15, 0.2) is 0 Å². The first-order valence-corrected chi connectivity index (χ1v) is 6.95. The highest BCUT2D eigenvalue weighted by atomic mass is 35.5. The van der Waals surface area contributed by atoms with Crippen molar-refractivity contribution in [2.24, 2.45) is 0 Å². The molecule has 1 aromatic heterocycles.